The number of rotatable bonds is 10. The van der Waals surface area contributed by atoms with Gasteiger partial charge in [0.25, 0.3) is 5.91 Å². The van der Waals surface area contributed by atoms with Crippen molar-refractivity contribution in [3.8, 4) is 5.75 Å². The summed E-state index contributed by atoms with van der Waals surface area (Å²) >= 11 is 0. The first-order valence-corrected chi connectivity index (χ1v) is 9.77. The third kappa shape index (κ3) is 6.89. The van der Waals surface area contributed by atoms with E-state index in [0.717, 1.165) is 37.0 Å². The Labute approximate surface area is 162 Å². The van der Waals surface area contributed by atoms with Crippen molar-refractivity contribution in [2.24, 2.45) is 5.10 Å². The summed E-state index contributed by atoms with van der Waals surface area (Å²) < 4.78 is 5.57. The Morgan fingerprint density at radius 1 is 1.07 bits per heavy atom. The number of unbranched alkanes of at least 4 members (excludes halogenated alkanes) is 1. The van der Waals surface area contributed by atoms with Crippen LogP contribution in [0.4, 0.5) is 0 Å². The molecule has 0 spiro atoms. The zero-order valence-corrected chi connectivity index (χ0v) is 16.6. The van der Waals surface area contributed by atoms with Gasteiger partial charge < -0.3 is 4.74 Å². The van der Waals surface area contributed by atoms with Crippen LogP contribution in [0.1, 0.15) is 63.5 Å². The van der Waals surface area contributed by atoms with Crippen molar-refractivity contribution in [3.63, 3.8) is 0 Å². The second-order valence-electron chi connectivity index (χ2n) is 6.73. The Morgan fingerprint density at radius 3 is 2.41 bits per heavy atom. The number of benzene rings is 2. The molecule has 0 aliphatic rings. The molecule has 0 saturated carbocycles. The van der Waals surface area contributed by atoms with Crippen LogP contribution in [-0.4, -0.2) is 18.2 Å². The smallest absolute Gasteiger partial charge is 0.277 e. The van der Waals surface area contributed by atoms with Crippen LogP contribution in [0.3, 0.4) is 0 Å². The lowest BCUT2D eigenvalue weighted by molar-refractivity contribution is -0.123. The third-order valence-electron chi connectivity index (χ3n) is 4.62. The minimum absolute atomic E-state index is 0.0535. The molecule has 1 amide bonds. The molecule has 0 heterocycles. The van der Waals surface area contributed by atoms with Gasteiger partial charge in [-0.25, -0.2) is 5.43 Å². The normalized spacial score (nSPS) is 12.5. The summed E-state index contributed by atoms with van der Waals surface area (Å²) in [7, 11) is 0. The molecule has 0 radical (unpaired) electrons. The van der Waals surface area contributed by atoms with E-state index < -0.39 is 0 Å². The summed E-state index contributed by atoms with van der Waals surface area (Å²) in [5.41, 5.74) is 5.83. The molecule has 0 saturated heterocycles. The fourth-order valence-corrected chi connectivity index (χ4v) is 2.68. The van der Waals surface area contributed by atoms with Crippen molar-refractivity contribution in [2.45, 2.75) is 52.4 Å². The number of nitrogens with one attached hydrogen (secondary N) is 1. The van der Waals surface area contributed by atoms with Crippen molar-refractivity contribution < 1.29 is 9.53 Å². The average molecular weight is 367 g/mol. The lowest BCUT2D eigenvalue weighted by Crippen LogP contribution is -2.26. The van der Waals surface area contributed by atoms with Gasteiger partial charge >= 0.3 is 0 Å². The van der Waals surface area contributed by atoms with Gasteiger partial charge in [0.15, 0.2) is 6.61 Å². The Morgan fingerprint density at radius 2 is 1.78 bits per heavy atom. The monoisotopic (exact) mass is 366 g/mol. The minimum atomic E-state index is -0.258. The number of amides is 1. The highest BCUT2D eigenvalue weighted by Gasteiger charge is 2.07. The zero-order valence-electron chi connectivity index (χ0n) is 16.6. The minimum Gasteiger partial charge on any atom is -0.484 e. The number of carbonyl (C=O) groups excluding carboxylic acids is 1. The van der Waals surface area contributed by atoms with Crippen LogP contribution in [0.2, 0.25) is 0 Å². The zero-order chi connectivity index (χ0) is 19.5. The highest BCUT2D eigenvalue weighted by atomic mass is 16.5. The van der Waals surface area contributed by atoms with E-state index in [2.05, 4.69) is 43.4 Å². The maximum Gasteiger partial charge on any atom is 0.277 e. The van der Waals surface area contributed by atoms with Crippen LogP contribution >= 0.6 is 0 Å². The van der Waals surface area contributed by atoms with Crippen LogP contribution in [0.15, 0.2) is 59.7 Å². The molecule has 4 nitrogen and oxygen atoms in total. The maximum absolute atomic E-state index is 12.1. The third-order valence-corrected chi connectivity index (χ3v) is 4.62. The molecule has 2 aromatic rings. The number of hydrogen-bond donors (Lipinski definition) is 1. The maximum atomic E-state index is 12.1. The topological polar surface area (TPSA) is 50.7 Å². The molecule has 0 aromatic heterocycles. The second-order valence-corrected chi connectivity index (χ2v) is 6.73. The van der Waals surface area contributed by atoms with Gasteiger partial charge in [0.2, 0.25) is 0 Å². The lowest BCUT2D eigenvalue weighted by atomic mass is 9.99. The fraction of sp³-hybridized carbons (Fsp3) is 0.391. The van der Waals surface area contributed by atoms with E-state index in [0.29, 0.717) is 11.7 Å². The van der Waals surface area contributed by atoms with E-state index in [1.54, 1.807) is 0 Å². The van der Waals surface area contributed by atoms with Gasteiger partial charge in [0, 0.05) is 0 Å². The van der Waals surface area contributed by atoms with Crippen LogP contribution < -0.4 is 10.2 Å². The highest BCUT2D eigenvalue weighted by Crippen LogP contribution is 2.21. The molecule has 1 N–H and O–H groups in total. The molecule has 2 aromatic carbocycles. The quantitative estimate of drug-likeness (QED) is 0.459. The van der Waals surface area contributed by atoms with Gasteiger partial charge in [-0.1, -0.05) is 69.7 Å². The van der Waals surface area contributed by atoms with E-state index >= 15 is 0 Å². The number of ether oxygens (including phenoxy) is 1. The summed E-state index contributed by atoms with van der Waals surface area (Å²) in [5.74, 6) is 0.956. The highest BCUT2D eigenvalue weighted by molar-refractivity contribution is 6.01. The van der Waals surface area contributed by atoms with Crippen molar-refractivity contribution in [2.75, 3.05) is 6.61 Å². The lowest BCUT2D eigenvalue weighted by Gasteiger charge is -2.11. The van der Waals surface area contributed by atoms with Crippen molar-refractivity contribution >= 4 is 11.6 Å². The number of hydrazone groups is 1. The number of carbonyl (C=O) groups is 1. The van der Waals surface area contributed by atoms with E-state index in [1.807, 2.05) is 42.5 Å². The van der Waals surface area contributed by atoms with Gasteiger partial charge in [0.1, 0.15) is 5.75 Å². The summed E-state index contributed by atoms with van der Waals surface area (Å²) in [4.78, 5) is 12.1. The van der Waals surface area contributed by atoms with Crippen LogP contribution in [-0.2, 0) is 4.79 Å². The first kappa shape index (κ1) is 20.7. The van der Waals surface area contributed by atoms with Crippen LogP contribution in [0.25, 0.3) is 0 Å². The van der Waals surface area contributed by atoms with Crippen molar-refractivity contribution in [1.82, 2.24) is 5.43 Å². The first-order chi connectivity index (χ1) is 13.1. The Kier molecular flexibility index (Phi) is 8.56. The second kappa shape index (κ2) is 11.2. The molecule has 27 heavy (non-hydrogen) atoms. The fourth-order valence-electron chi connectivity index (χ4n) is 2.68. The van der Waals surface area contributed by atoms with Gasteiger partial charge in [-0.05, 0) is 48.4 Å². The Balaban J connectivity index is 1.90. The predicted molar refractivity (Wildman–Crippen MR) is 111 cm³/mol. The van der Waals surface area contributed by atoms with Crippen LogP contribution in [0.5, 0.6) is 5.75 Å². The first-order valence-electron chi connectivity index (χ1n) is 9.77. The molecule has 1 unspecified atom stereocenters. The predicted octanol–water partition coefficient (Wildman–Crippen LogP) is 5.29. The molecule has 0 aliphatic heterocycles. The average Bonchev–Trinajstić information content (AvgIpc) is 2.72. The summed E-state index contributed by atoms with van der Waals surface area (Å²) in [6, 6.07) is 17.9. The largest absolute Gasteiger partial charge is 0.484 e. The van der Waals surface area contributed by atoms with E-state index in [9.17, 15) is 4.79 Å². The van der Waals surface area contributed by atoms with Crippen molar-refractivity contribution in [1.29, 1.82) is 0 Å². The SMILES string of the molecule is CCCCC(=NNC(=O)COc1ccc(C(C)CC)cc1)c1ccccc1. The summed E-state index contributed by atoms with van der Waals surface area (Å²) in [6.07, 6.45) is 4.04. The molecular weight excluding hydrogens is 336 g/mol. The van der Waals surface area contributed by atoms with E-state index in [-0.39, 0.29) is 12.5 Å². The molecule has 144 valence electrons. The Bertz CT molecular complexity index is 724. The van der Waals surface area contributed by atoms with Gasteiger partial charge in [-0.15, -0.1) is 0 Å². The van der Waals surface area contributed by atoms with Crippen LogP contribution in [0, 0.1) is 0 Å². The van der Waals surface area contributed by atoms with E-state index in [4.69, 9.17) is 4.74 Å². The molecule has 0 fully saturated rings. The number of hydrogen-bond acceptors (Lipinski definition) is 3. The molecule has 4 heteroatoms. The van der Waals surface area contributed by atoms with Gasteiger partial charge in [-0.2, -0.15) is 5.10 Å². The standard InChI is InChI=1S/C23H30N2O2/c1-4-6-12-22(20-10-8-7-9-11-20)24-25-23(26)17-27-21-15-13-19(14-16-21)18(3)5-2/h7-11,13-16,18H,4-6,12,17H2,1-3H3,(H,25,26). The summed E-state index contributed by atoms with van der Waals surface area (Å²) in [5, 5.41) is 4.33. The Hall–Kier alpha value is -2.62. The summed E-state index contributed by atoms with van der Waals surface area (Å²) in [6.45, 7) is 6.46. The molecular formula is C23H30N2O2. The molecule has 2 rings (SSSR count). The molecule has 0 bridgehead atoms. The molecule has 0 aliphatic carbocycles. The number of nitrogens with zero attached hydrogens (tertiary/aromatic N) is 1. The van der Waals surface area contributed by atoms with Gasteiger partial charge in [-0.3, -0.25) is 4.79 Å². The van der Waals surface area contributed by atoms with Crippen molar-refractivity contribution in [3.05, 3.63) is 65.7 Å². The van der Waals surface area contributed by atoms with E-state index in [1.165, 1.54) is 5.56 Å². The molecule has 1 atom stereocenters. The van der Waals surface area contributed by atoms with Gasteiger partial charge in [0.05, 0.1) is 5.71 Å².